The minimum Gasteiger partial charge on any atom is -0.333 e. The van der Waals surface area contributed by atoms with Gasteiger partial charge >= 0.3 is 6.18 Å². The number of halogens is 3. The maximum Gasteiger partial charge on any atom is 0.416 e. The predicted octanol–water partition coefficient (Wildman–Crippen LogP) is 4.06. The van der Waals surface area contributed by atoms with E-state index in [4.69, 9.17) is 4.52 Å². The number of aryl methyl sites for hydroxylation is 2. The molecule has 4 rings (SSSR count). The first kappa shape index (κ1) is 32.3. The Labute approximate surface area is 249 Å². The van der Waals surface area contributed by atoms with Crippen LogP contribution in [0.1, 0.15) is 16.8 Å². The highest BCUT2D eigenvalue weighted by atomic mass is 32.2. The van der Waals surface area contributed by atoms with Crippen molar-refractivity contribution in [3.8, 4) is 22.8 Å². The molecule has 0 N–H and O–H groups in total. The summed E-state index contributed by atoms with van der Waals surface area (Å²) >= 11 is 0. The molecule has 2 aromatic heterocycles. The number of benzene rings is 2. The minimum absolute atomic E-state index is 0.132. The van der Waals surface area contributed by atoms with E-state index in [-0.39, 0.29) is 16.6 Å². The molecule has 0 aliphatic rings. The Kier molecular flexibility index (Phi) is 10.1. The quantitative estimate of drug-likeness (QED) is 0.221. The van der Waals surface area contributed by atoms with Gasteiger partial charge in [0.15, 0.2) is 0 Å². The summed E-state index contributed by atoms with van der Waals surface area (Å²) in [5, 5.41) is 8.41. The van der Waals surface area contributed by atoms with Crippen molar-refractivity contribution in [1.82, 2.24) is 34.0 Å². The zero-order chi connectivity index (χ0) is 31.4. The largest absolute Gasteiger partial charge is 0.416 e. The Balaban J connectivity index is 1.54. The third kappa shape index (κ3) is 8.07. The molecule has 43 heavy (non-hydrogen) atoms. The molecule has 0 aliphatic carbocycles. The van der Waals surface area contributed by atoms with E-state index >= 15 is 0 Å². The van der Waals surface area contributed by atoms with Gasteiger partial charge in [0.25, 0.3) is 5.89 Å². The van der Waals surface area contributed by atoms with Crippen LogP contribution >= 0.6 is 0 Å². The normalized spacial score (nSPS) is 12.6. The topological polar surface area (TPSA) is 101 Å². The third-order valence-electron chi connectivity index (χ3n) is 6.97. The average Bonchev–Trinajstić information content (AvgIpc) is 3.58. The summed E-state index contributed by atoms with van der Waals surface area (Å²) in [7, 11) is 5.55. The van der Waals surface area contributed by atoms with Crippen molar-refractivity contribution in [2.45, 2.75) is 23.9 Å². The number of sulfonamides is 1. The van der Waals surface area contributed by atoms with E-state index in [0.717, 1.165) is 23.4 Å². The first-order valence-electron chi connectivity index (χ1n) is 13.7. The van der Waals surface area contributed by atoms with Gasteiger partial charge in [-0.15, -0.1) is 0 Å². The van der Waals surface area contributed by atoms with Gasteiger partial charge in [-0.05, 0) is 70.9 Å². The van der Waals surface area contributed by atoms with Crippen molar-refractivity contribution in [3.63, 3.8) is 0 Å². The van der Waals surface area contributed by atoms with Crippen molar-refractivity contribution < 1.29 is 26.1 Å². The Morgan fingerprint density at radius 2 is 1.56 bits per heavy atom. The van der Waals surface area contributed by atoms with E-state index < -0.39 is 21.8 Å². The molecule has 4 aromatic rings. The summed E-state index contributed by atoms with van der Waals surface area (Å²) in [6.07, 6.45) is -1.85. The predicted molar refractivity (Wildman–Crippen MR) is 157 cm³/mol. The van der Waals surface area contributed by atoms with Crippen LogP contribution in [-0.2, 0) is 36.1 Å². The molecule has 232 valence electrons. The van der Waals surface area contributed by atoms with Crippen molar-refractivity contribution >= 4 is 10.0 Å². The van der Waals surface area contributed by atoms with Gasteiger partial charge in [-0.2, -0.15) is 27.6 Å². The van der Waals surface area contributed by atoms with Gasteiger partial charge < -0.3 is 14.3 Å². The van der Waals surface area contributed by atoms with E-state index in [2.05, 4.69) is 15.2 Å². The van der Waals surface area contributed by atoms with E-state index in [1.165, 1.54) is 22.5 Å². The number of likely N-dealkylation sites (N-methyl/N-ethyl adjacent to an activating group) is 2. The van der Waals surface area contributed by atoms with E-state index in [1.807, 2.05) is 38.0 Å². The van der Waals surface area contributed by atoms with Crippen molar-refractivity contribution in [3.05, 3.63) is 71.5 Å². The SMILES string of the molecule is CN(C)CCN(CCN(C)C)S(=O)(=O)c1cccc(-c2noc(-c3cnn(C)c3CCc3ccc(C(F)(F)F)cc3)n2)c1. The molecule has 2 heterocycles. The zero-order valence-corrected chi connectivity index (χ0v) is 25.7. The molecule has 0 saturated heterocycles. The molecule has 2 aromatic carbocycles. The lowest BCUT2D eigenvalue weighted by molar-refractivity contribution is -0.137. The lowest BCUT2D eigenvalue weighted by Crippen LogP contribution is -2.40. The Morgan fingerprint density at radius 1 is 0.907 bits per heavy atom. The zero-order valence-electron chi connectivity index (χ0n) is 24.8. The van der Waals surface area contributed by atoms with Crippen LogP contribution in [0.5, 0.6) is 0 Å². The molecule has 0 amide bonds. The summed E-state index contributed by atoms with van der Waals surface area (Å²) in [5.41, 5.74) is 1.89. The first-order chi connectivity index (χ1) is 20.3. The number of rotatable bonds is 13. The number of aromatic nitrogens is 4. The maximum absolute atomic E-state index is 13.6. The van der Waals surface area contributed by atoms with Crippen molar-refractivity contribution in [2.75, 3.05) is 54.4 Å². The molecule has 0 saturated carbocycles. The van der Waals surface area contributed by atoms with Gasteiger partial charge in [0.05, 0.1) is 27.9 Å². The number of alkyl halides is 3. The second-order valence-electron chi connectivity index (χ2n) is 10.8. The lowest BCUT2D eigenvalue weighted by atomic mass is 10.0. The fourth-order valence-electron chi connectivity index (χ4n) is 4.43. The maximum atomic E-state index is 13.6. The van der Waals surface area contributed by atoms with Crippen LogP contribution in [0.25, 0.3) is 22.8 Å². The van der Waals surface area contributed by atoms with Crippen LogP contribution in [0.2, 0.25) is 0 Å². The lowest BCUT2D eigenvalue weighted by Gasteiger charge is -2.25. The molecular formula is C29H36F3N7O3S. The van der Waals surface area contributed by atoms with Crippen LogP contribution in [0.3, 0.4) is 0 Å². The van der Waals surface area contributed by atoms with Crippen molar-refractivity contribution in [1.29, 1.82) is 0 Å². The number of hydrogen-bond acceptors (Lipinski definition) is 8. The standard InChI is InChI=1S/C29H36F3N7O3S/c1-36(2)15-17-39(18-16-37(3)4)43(40,41)24-8-6-7-22(19-24)27-34-28(42-35-27)25-20-33-38(5)26(25)14-11-21-9-12-23(13-10-21)29(30,31)32/h6-10,12-13,19-20H,11,14-18H2,1-5H3. The highest BCUT2D eigenvalue weighted by Gasteiger charge is 2.30. The van der Waals surface area contributed by atoms with E-state index in [1.54, 1.807) is 36.1 Å². The number of nitrogens with zero attached hydrogens (tertiary/aromatic N) is 7. The third-order valence-corrected chi connectivity index (χ3v) is 8.87. The smallest absolute Gasteiger partial charge is 0.333 e. The minimum atomic E-state index is -4.38. The summed E-state index contributed by atoms with van der Waals surface area (Å²) < 4.78 is 74.7. The number of hydrogen-bond donors (Lipinski definition) is 0. The molecule has 10 nitrogen and oxygen atoms in total. The second-order valence-corrected chi connectivity index (χ2v) is 12.7. The molecule has 0 fully saturated rings. The summed E-state index contributed by atoms with van der Waals surface area (Å²) in [5.74, 6) is 0.426. The van der Waals surface area contributed by atoms with Crippen molar-refractivity contribution in [2.24, 2.45) is 7.05 Å². The summed E-state index contributed by atoms with van der Waals surface area (Å²) in [4.78, 5) is 8.53. The molecule has 0 spiro atoms. The molecule has 0 unspecified atom stereocenters. The van der Waals surface area contributed by atoms with Crippen LogP contribution in [0, 0.1) is 0 Å². The Bertz CT molecular complexity index is 1600. The van der Waals surface area contributed by atoms with Gasteiger partial charge in [-0.1, -0.05) is 29.4 Å². The highest BCUT2D eigenvalue weighted by molar-refractivity contribution is 7.89. The molecule has 0 atom stereocenters. The Morgan fingerprint density at radius 3 is 2.16 bits per heavy atom. The molecule has 0 bridgehead atoms. The van der Waals surface area contributed by atoms with E-state index in [0.29, 0.717) is 50.1 Å². The van der Waals surface area contributed by atoms with Crippen LogP contribution < -0.4 is 0 Å². The molecule has 0 radical (unpaired) electrons. The van der Waals surface area contributed by atoms with Gasteiger partial charge in [-0.25, -0.2) is 8.42 Å². The van der Waals surface area contributed by atoms with Gasteiger partial charge in [-0.3, -0.25) is 4.68 Å². The van der Waals surface area contributed by atoms with Crippen LogP contribution in [-0.4, -0.2) is 96.8 Å². The van der Waals surface area contributed by atoms with Crippen LogP contribution in [0.4, 0.5) is 13.2 Å². The molecular weight excluding hydrogens is 583 g/mol. The fourth-order valence-corrected chi connectivity index (χ4v) is 5.90. The Hall–Kier alpha value is -3.59. The van der Waals surface area contributed by atoms with Gasteiger partial charge in [0.1, 0.15) is 0 Å². The fraction of sp³-hybridized carbons (Fsp3) is 0.414. The van der Waals surface area contributed by atoms with E-state index in [9.17, 15) is 21.6 Å². The van der Waals surface area contributed by atoms with Crippen LogP contribution in [0.15, 0.2) is 64.1 Å². The second kappa shape index (κ2) is 13.4. The highest BCUT2D eigenvalue weighted by Crippen LogP contribution is 2.30. The summed E-state index contributed by atoms with van der Waals surface area (Å²) in [6.45, 7) is 1.84. The first-order valence-corrected chi connectivity index (χ1v) is 15.1. The molecule has 14 heteroatoms. The average molecular weight is 620 g/mol. The summed E-state index contributed by atoms with van der Waals surface area (Å²) in [6, 6.07) is 11.5. The molecule has 0 aliphatic heterocycles. The monoisotopic (exact) mass is 619 g/mol. The van der Waals surface area contributed by atoms with Gasteiger partial charge in [0.2, 0.25) is 15.8 Å². The van der Waals surface area contributed by atoms with Gasteiger partial charge in [0, 0.05) is 38.8 Å².